The summed E-state index contributed by atoms with van der Waals surface area (Å²) in [4.78, 5) is 0. The van der Waals surface area contributed by atoms with Crippen molar-refractivity contribution in [1.29, 1.82) is 0 Å². The minimum Gasteiger partial charge on any atom is -0.311 e. The molecule has 1 fully saturated rings. The number of hydrogen-bond acceptors (Lipinski definition) is 1. The predicted octanol–water partition coefficient (Wildman–Crippen LogP) is 5.15. The first-order chi connectivity index (χ1) is 8.24. The van der Waals surface area contributed by atoms with E-state index >= 15 is 0 Å². The monoisotopic (exact) mass is 253 g/mol. The molecule has 0 spiro atoms. The van der Waals surface area contributed by atoms with Crippen LogP contribution in [0.5, 0.6) is 0 Å². The Morgan fingerprint density at radius 3 is 2.11 bits per heavy atom. The highest BCUT2D eigenvalue weighted by atomic mass is 14.9. The molecule has 1 saturated carbocycles. The van der Waals surface area contributed by atoms with Gasteiger partial charge in [-0.05, 0) is 43.4 Å². The van der Waals surface area contributed by atoms with Crippen molar-refractivity contribution < 1.29 is 0 Å². The van der Waals surface area contributed by atoms with Crippen LogP contribution in [0.15, 0.2) is 0 Å². The largest absolute Gasteiger partial charge is 0.311 e. The van der Waals surface area contributed by atoms with Gasteiger partial charge in [0.15, 0.2) is 0 Å². The van der Waals surface area contributed by atoms with Gasteiger partial charge in [-0.25, -0.2) is 0 Å². The van der Waals surface area contributed by atoms with Crippen molar-refractivity contribution in [3.63, 3.8) is 0 Å². The van der Waals surface area contributed by atoms with E-state index in [0.717, 1.165) is 6.04 Å². The summed E-state index contributed by atoms with van der Waals surface area (Å²) in [5, 5.41) is 3.89. The molecule has 1 aliphatic carbocycles. The fourth-order valence-corrected chi connectivity index (χ4v) is 4.15. The van der Waals surface area contributed by atoms with E-state index in [1.165, 1.54) is 44.9 Å². The van der Waals surface area contributed by atoms with Gasteiger partial charge in [-0.15, -0.1) is 0 Å². The highest BCUT2D eigenvalue weighted by Gasteiger charge is 2.38. The third kappa shape index (κ3) is 5.73. The lowest BCUT2D eigenvalue weighted by Gasteiger charge is -2.46. The first-order valence-electron chi connectivity index (χ1n) is 8.00. The molecule has 0 aromatic carbocycles. The van der Waals surface area contributed by atoms with Crippen LogP contribution in [0.3, 0.4) is 0 Å². The van der Waals surface area contributed by atoms with Gasteiger partial charge < -0.3 is 5.32 Å². The van der Waals surface area contributed by atoms with E-state index in [-0.39, 0.29) is 0 Å². The van der Waals surface area contributed by atoms with Crippen LogP contribution in [-0.4, -0.2) is 12.1 Å². The summed E-state index contributed by atoms with van der Waals surface area (Å²) in [5.74, 6) is 0. The number of unbranched alkanes of at least 4 members (excludes halogenated alkanes) is 2. The van der Waals surface area contributed by atoms with E-state index in [9.17, 15) is 0 Å². The second-order valence-corrected chi connectivity index (χ2v) is 8.17. The predicted molar refractivity (Wildman–Crippen MR) is 81.9 cm³/mol. The first-order valence-corrected chi connectivity index (χ1v) is 8.00. The van der Waals surface area contributed by atoms with Crippen molar-refractivity contribution in [1.82, 2.24) is 5.32 Å². The van der Waals surface area contributed by atoms with E-state index < -0.39 is 0 Å². The van der Waals surface area contributed by atoms with E-state index in [1.54, 1.807) is 0 Å². The molecule has 18 heavy (non-hydrogen) atoms. The molecule has 1 nitrogen and oxygen atoms in total. The van der Waals surface area contributed by atoms with Crippen LogP contribution in [0.25, 0.3) is 0 Å². The molecule has 1 unspecified atom stereocenters. The van der Waals surface area contributed by atoms with Gasteiger partial charge in [-0.3, -0.25) is 0 Å². The molecule has 1 aliphatic rings. The quantitative estimate of drug-likeness (QED) is 0.646. The van der Waals surface area contributed by atoms with Crippen LogP contribution in [0.4, 0.5) is 0 Å². The lowest BCUT2D eigenvalue weighted by molar-refractivity contribution is 0.0805. The molecule has 0 heterocycles. The maximum atomic E-state index is 3.89. The third-order valence-electron chi connectivity index (χ3n) is 4.32. The summed E-state index contributed by atoms with van der Waals surface area (Å²) >= 11 is 0. The Morgan fingerprint density at radius 2 is 1.61 bits per heavy atom. The Hall–Kier alpha value is -0.0400. The molecule has 0 bridgehead atoms. The van der Waals surface area contributed by atoms with Crippen molar-refractivity contribution in [3.05, 3.63) is 0 Å². The summed E-state index contributed by atoms with van der Waals surface area (Å²) in [6.45, 7) is 14.4. The second-order valence-electron chi connectivity index (χ2n) is 8.17. The molecular formula is C17H35N. The SMILES string of the molecule is CCCCCC(C)NC1CC(C)(C)CC(C)(C)C1. The van der Waals surface area contributed by atoms with Crippen LogP contribution >= 0.6 is 0 Å². The van der Waals surface area contributed by atoms with Gasteiger partial charge in [0.2, 0.25) is 0 Å². The van der Waals surface area contributed by atoms with E-state index in [0.29, 0.717) is 16.9 Å². The van der Waals surface area contributed by atoms with Crippen LogP contribution in [0.2, 0.25) is 0 Å². The summed E-state index contributed by atoms with van der Waals surface area (Å²) < 4.78 is 0. The summed E-state index contributed by atoms with van der Waals surface area (Å²) in [5.41, 5.74) is 1.01. The zero-order chi connectivity index (χ0) is 13.8. The van der Waals surface area contributed by atoms with Gasteiger partial charge in [0.25, 0.3) is 0 Å². The average molecular weight is 253 g/mol. The molecule has 0 amide bonds. The number of hydrogen-bond donors (Lipinski definition) is 1. The van der Waals surface area contributed by atoms with Crippen LogP contribution in [-0.2, 0) is 0 Å². The fraction of sp³-hybridized carbons (Fsp3) is 1.00. The Balaban J connectivity index is 2.41. The maximum Gasteiger partial charge on any atom is 0.00797 e. The number of rotatable bonds is 6. The zero-order valence-corrected chi connectivity index (χ0v) is 13.6. The van der Waals surface area contributed by atoms with Gasteiger partial charge in [-0.2, -0.15) is 0 Å². The Kier molecular flexibility index (Phi) is 5.70. The Bertz CT molecular complexity index is 226. The molecule has 1 atom stereocenters. The van der Waals surface area contributed by atoms with Gasteiger partial charge >= 0.3 is 0 Å². The molecule has 1 rings (SSSR count). The normalized spacial score (nSPS) is 25.0. The van der Waals surface area contributed by atoms with E-state index in [1.807, 2.05) is 0 Å². The Labute approximate surface area is 115 Å². The zero-order valence-electron chi connectivity index (χ0n) is 13.6. The van der Waals surface area contributed by atoms with E-state index in [4.69, 9.17) is 0 Å². The van der Waals surface area contributed by atoms with Crippen molar-refractivity contribution in [2.75, 3.05) is 0 Å². The summed E-state index contributed by atoms with van der Waals surface area (Å²) in [6.07, 6.45) is 9.48. The molecule has 1 N–H and O–H groups in total. The van der Waals surface area contributed by atoms with Crippen molar-refractivity contribution in [2.45, 2.75) is 98.6 Å². The second kappa shape index (κ2) is 6.41. The lowest BCUT2D eigenvalue weighted by Crippen LogP contribution is -2.46. The smallest absolute Gasteiger partial charge is 0.00797 e. The molecule has 1 heteroatoms. The standard InChI is InChI=1S/C17H35N/c1-7-8-9-10-14(2)18-15-11-16(3,4)13-17(5,6)12-15/h14-15,18H,7-13H2,1-6H3. The summed E-state index contributed by atoms with van der Waals surface area (Å²) in [6, 6.07) is 1.41. The molecule has 0 radical (unpaired) electrons. The van der Waals surface area contributed by atoms with Crippen LogP contribution in [0, 0.1) is 10.8 Å². The highest BCUT2D eigenvalue weighted by Crippen LogP contribution is 2.45. The average Bonchev–Trinajstić information content (AvgIpc) is 2.12. The van der Waals surface area contributed by atoms with Gasteiger partial charge in [0.1, 0.15) is 0 Å². The fourth-order valence-electron chi connectivity index (χ4n) is 4.15. The van der Waals surface area contributed by atoms with Gasteiger partial charge in [0, 0.05) is 12.1 Å². The molecule has 0 aromatic heterocycles. The van der Waals surface area contributed by atoms with Crippen LogP contribution < -0.4 is 5.32 Å². The molecular weight excluding hydrogens is 218 g/mol. The first kappa shape index (κ1) is 16.0. The topological polar surface area (TPSA) is 12.0 Å². The minimum atomic E-state index is 0.503. The number of nitrogens with one attached hydrogen (secondary N) is 1. The molecule has 0 aromatic rings. The van der Waals surface area contributed by atoms with Crippen LogP contribution in [0.1, 0.15) is 86.5 Å². The maximum absolute atomic E-state index is 3.89. The van der Waals surface area contributed by atoms with Crippen molar-refractivity contribution in [2.24, 2.45) is 10.8 Å². The van der Waals surface area contributed by atoms with Gasteiger partial charge in [-0.1, -0.05) is 53.9 Å². The van der Waals surface area contributed by atoms with E-state index in [2.05, 4.69) is 46.9 Å². The molecule has 108 valence electrons. The van der Waals surface area contributed by atoms with Crippen molar-refractivity contribution in [3.8, 4) is 0 Å². The molecule has 0 aliphatic heterocycles. The van der Waals surface area contributed by atoms with Gasteiger partial charge in [0.05, 0.1) is 0 Å². The summed E-state index contributed by atoms with van der Waals surface area (Å²) in [7, 11) is 0. The van der Waals surface area contributed by atoms with Crippen molar-refractivity contribution >= 4 is 0 Å². The minimum absolute atomic E-state index is 0.503. The Morgan fingerprint density at radius 1 is 1.06 bits per heavy atom. The third-order valence-corrected chi connectivity index (χ3v) is 4.32. The highest BCUT2D eigenvalue weighted by molar-refractivity contribution is 4.92. The molecule has 0 saturated heterocycles. The lowest BCUT2D eigenvalue weighted by atomic mass is 9.63.